The Morgan fingerprint density at radius 1 is 0.636 bits per heavy atom. The first kappa shape index (κ1) is 14.2. The Balaban J connectivity index is 1.76. The van der Waals surface area contributed by atoms with E-state index in [1.165, 1.54) is 11.1 Å². The van der Waals surface area contributed by atoms with Crippen molar-refractivity contribution in [2.45, 2.75) is 13.8 Å². The van der Waals surface area contributed by atoms with Gasteiger partial charge in [0.25, 0.3) is 0 Å². The van der Waals surface area contributed by atoms with Crippen LogP contribution < -0.4 is 0 Å². The molecule has 22 heavy (non-hydrogen) atoms. The maximum Gasteiger partial charge on any atom is 0.159 e. The highest BCUT2D eigenvalue weighted by atomic mass is 14.9. The molecule has 2 aromatic carbocycles. The second kappa shape index (κ2) is 6.35. The second-order valence-electron chi connectivity index (χ2n) is 5.45. The van der Waals surface area contributed by atoms with Gasteiger partial charge in [-0.1, -0.05) is 66.2 Å². The zero-order valence-corrected chi connectivity index (χ0v) is 12.8. The van der Waals surface area contributed by atoms with E-state index in [4.69, 9.17) is 0 Å². The van der Waals surface area contributed by atoms with Crippen molar-refractivity contribution in [2.75, 3.05) is 0 Å². The molecule has 0 atom stereocenters. The number of hydrogen-bond acceptors (Lipinski definition) is 2. The molecule has 2 nitrogen and oxygen atoms in total. The summed E-state index contributed by atoms with van der Waals surface area (Å²) >= 11 is 0. The van der Waals surface area contributed by atoms with E-state index in [0.29, 0.717) is 0 Å². The van der Waals surface area contributed by atoms with E-state index in [0.717, 1.165) is 22.5 Å². The molecule has 0 amide bonds. The zero-order valence-electron chi connectivity index (χ0n) is 12.8. The van der Waals surface area contributed by atoms with Crippen LogP contribution in [-0.2, 0) is 0 Å². The predicted octanol–water partition coefficient (Wildman–Crippen LogP) is 4.93. The summed E-state index contributed by atoms with van der Waals surface area (Å²) in [6.07, 6.45) is 7.92. The molecule has 0 unspecified atom stereocenters. The Kier molecular flexibility index (Phi) is 4.10. The van der Waals surface area contributed by atoms with Crippen molar-refractivity contribution in [1.82, 2.24) is 9.97 Å². The SMILES string of the molecule is Cc1ccc(/C=C/c2ccc(-c3ncc(C)cn3)cc2)cc1. The van der Waals surface area contributed by atoms with E-state index in [1.54, 1.807) is 0 Å². The molecule has 0 radical (unpaired) electrons. The van der Waals surface area contributed by atoms with Gasteiger partial charge in [-0.2, -0.15) is 0 Å². The standard InChI is InChI=1S/C20H18N2/c1-15-3-5-17(6-4-15)7-8-18-9-11-19(12-10-18)20-21-13-16(2)14-22-20/h3-14H,1-2H3/b8-7+. The fourth-order valence-electron chi connectivity index (χ4n) is 2.15. The quantitative estimate of drug-likeness (QED) is 0.638. The van der Waals surface area contributed by atoms with Crippen LogP contribution in [0.15, 0.2) is 60.9 Å². The molecular formula is C20H18N2. The number of benzene rings is 2. The van der Waals surface area contributed by atoms with Crippen LogP contribution in [0.3, 0.4) is 0 Å². The van der Waals surface area contributed by atoms with Crippen molar-refractivity contribution in [3.8, 4) is 11.4 Å². The van der Waals surface area contributed by atoms with Crippen molar-refractivity contribution in [1.29, 1.82) is 0 Å². The Hall–Kier alpha value is -2.74. The van der Waals surface area contributed by atoms with Gasteiger partial charge >= 0.3 is 0 Å². The Morgan fingerprint density at radius 2 is 1.14 bits per heavy atom. The van der Waals surface area contributed by atoms with E-state index in [-0.39, 0.29) is 0 Å². The molecule has 0 saturated heterocycles. The Morgan fingerprint density at radius 3 is 1.68 bits per heavy atom. The summed E-state index contributed by atoms with van der Waals surface area (Å²) in [5, 5.41) is 0. The van der Waals surface area contributed by atoms with Gasteiger partial charge in [0.2, 0.25) is 0 Å². The summed E-state index contributed by atoms with van der Waals surface area (Å²) in [6, 6.07) is 16.8. The summed E-state index contributed by atoms with van der Waals surface area (Å²) in [5.74, 6) is 0.764. The third kappa shape index (κ3) is 3.47. The van der Waals surface area contributed by atoms with Crippen molar-refractivity contribution < 1.29 is 0 Å². The molecule has 1 heterocycles. The molecule has 0 spiro atoms. The average molecular weight is 286 g/mol. The fraction of sp³-hybridized carbons (Fsp3) is 0.100. The first-order valence-electron chi connectivity index (χ1n) is 7.34. The summed E-state index contributed by atoms with van der Waals surface area (Å²) in [4.78, 5) is 8.70. The van der Waals surface area contributed by atoms with Crippen molar-refractivity contribution in [3.63, 3.8) is 0 Å². The number of aromatic nitrogens is 2. The predicted molar refractivity (Wildman–Crippen MR) is 92.3 cm³/mol. The molecule has 2 heteroatoms. The molecule has 0 saturated carbocycles. The van der Waals surface area contributed by atoms with Crippen LogP contribution in [-0.4, -0.2) is 9.97 Å². The van der Waals surface area contributed by atoms with Gasteiger partial charge in [0.05, 0.1) is 0 Å². The number of nitrogens with zero attached hydrogens (tertiary/aromatic N) is 2. The molecule has 0 aliphatic rings. The van der Waals surface area contributed by atoms with Crippen molar-refractivity contribution >= 4 is 12.2 Å². The minimum atomic E-state index is 0.764. The highest BCUT2D eigenvalue weighted by Crippen LogP contribution is 2.17. The molecule has 0 fully saturated rings. The van der Waals surface area contributed by atoms with Crippen molar-refractivity contribution in [3.05, 3.63) is 83.2 Å². The molecule has 0 aliphatic carbocycles. The third-order valence-corrected chi connectivity index (χ3v) is 3.50. The molecule has 1 aromatic heterocycles. The lowest BCUT2D eigenvalue weighted by atomic mass is 10.1. The van der Waals surface area contributed by atoms with Crippen LogP contribution in [0.4, 0.5) is 0 Å². The first-order valence-corrected chi connectivity index (χ1v) is 7.34. The van der Waals surface area contributed by atoms with Crippen molar-refractivity contribution in [2.24, 2.45) is 0 Å². The van der Waals surface area contributed by atoms with Gasteiger partial charge in [-0.05, 0) is 30.5 Å². The van der Waals surface area contributed by atoms with E-state index in [1.807, 2.05) is 19.3 Å². The maximum absolute atomic E-state index is 4.35. The van der Waals surface area contributed by atoms with Gasteiger partial charge < -0.3 is 0 Å². The van der Waals surface area contributed by atoms with Crippen LogP contribution in [0, 0.1) is 13.8 Å². The van der Waals surface area contributed by atoms with Gasteiger partial charge in [-0.25, -0.2) is 9.97 Å². The maximum atomic E-state index is 4.35. The van der Waals surface area contributed by atoms with E-state index >= 15 is 0 Å². The van der Waals surface area contributed by atoms with Crippen LogP contribution in [0.2, 0.25) is 0 Å². The van der Waals surface area contributed by atoms with Crippen LogP contribution in [0.25, 0.3) is 23.5 Å². The lowest BCUT2D eigenvalue weighted by Gasteiger charge is -2.01. The fourth-order valence-corrected chi connectivity index (χ4v) is 2.15. The summed E-state index contributed by atoms with van der Waals surface area (Å²) in [7, 11) is 0. The number of hydrogen-bond donors (Lipinski definition) is 0. The van der Waals surface area contributed by atoms with Crippen LogP contribution in [0.1, 0.15) is 22.3 Å². The topological polar surface area (TPSA) is 25.8 Å². The molecule has 0 N–H and O–H groups in total. The van der Waals surface area contributed by atoms with E-state index < -0.39 is 0 Å². The molecule has 108 valence electrons. The Bertz CT molecular complexity index is 767. The summed E-state index contributed by atoms with van der Waals surface area (Å²) in [6.45, 7) is 4.09. The van der Waals surface area contributed by atoms with E-state index in [2.05, 4.69) is 77.6 Å². The monoisotopic (exact) mass is 286 g/mol. The zero-order chi connectivity index (χ0) is 15.4. The van der Waals surface area contributed by atoms with Gasteiger partial charge in [0, 0.05) is 18.0 Å². The average Bonchev–Trinajstić information content (AvgIpc) is 2.56. The lowest BCUT2D eigenvalue weighted by molar-refractivity contribution is 1.14. The highest BCUT2D eigenvalue weighted by Gasteiger charge is 1.99. The van der Waals surface area contributed by atoms with Gasteiger partial charge in [0.1, 0.15) is 0 Å². The molecule has 3 rings (SSSR count). The van der Waals surface area contributed by atoms with Gasteiger partial charge in [-0.3, -0.25) is 0 Å². The Labute approximate surface area is 131 Å². The molecule has 0 bridgehead atoms. The van der Waals surface area contributed by atoms with Crippen LogP contribution >= 0.6 is 0 Å². The molecule has 0 aliphatic heterocycles. The lowest BCUT2D eigenvalue weighted by Crippen LogP contribution is -1.88. The first-order chi connectivity index (χ1) is 10.7. The summed E-state index contributed by atoms with van der Waals surface area (Å²) in [5.41, 5.74) is 5.75. The molecular weight excluding hydrogens is 268 g/mol. The minimum Gasteiger partial charge on any atom is -0.236 e. The molecule has 3 aromatic rings. The van der Waals surface area contributed by atoms with Gasteiger partial charge in [0.15, 0.2) is 5.82 Å². The second-order valence-corrected chi connectivity index (χ2v) is 5.45. The summed E-state index contributed by atoms with van der Waals surface area (Å²) < 4.78 is 0. The largest absolute Gasteiger partial charge is 0.236 e. The van der Waals surface area contributed by atoms with Crippen LogP contribution in [0.5, 0.6) is 0 Å². The number of rotatable bonds is 3. The van der Waals surface area contributed by atoms with Gasteiger partial charge in [-0.15, -0.1) is 0 Å². The minimum absolute atomic E-state index is 0.764. The van der Waals surface area contributed by atoms with E-state index in [9.17, 15) is 0 Å². The highest BCUT2D eigenvalue weighted by molar-refractivity contribution is 5.71. The third-order valence-electron chi connectivity index (χ3n) is 3.50. The number of aryl methyl sites for hydroxylation is 2. The smallest absolute Gasteiger partial charge is 0.159 e. The normalized spacial score (nSPS) is 11.0.